The molecule has 1 aromatic heterocycles. The Hall–Kier alpha value is -1.42. The first-order valence-corrected chi connectivity index (χ1v) is 5.27. The third kappa shape index (κ3) is 1.51. The molecular weight excluding hydrogens is 208 g/mol. The highest BCUT2D eigenvalue weighted by Crippen LogP contribution is 2.13. The minimum Gasteiger partial charge on any atom is -0.331 e. The minimum atomic E-state index is -0.0379. The van der Waals surface area contributed by atoms with E-state index in [4.69, 9.17) is 12.2 Å². The van der Waals surface area contributed by atoms with Gasteiger partial charge in [0.2, 0.25) is 0 Å². The molecule has 15 heavy (non-hydrogen) atoms. The molecule has 1 aromatic carbocycles. The summed E-state index contributed by atoms with van der Waals surface area (Å²) in [6.45, 7) is 2.06. The van der Waals surface area contributed by atoms with E-state index >= 15 is 0 Å². The van der Waals surface area contributed by atoms with Crippen molar-refractivity contribution in [3.63, 3.8) is 0 Å². The number of fused-ring (bicyclic) bond motifs is 1. The highest BCUT2D eigenvalue weighted by Gasteiger charge is 2.04. The number of H-pyrrole nitrogens is 1. The van der Waals surface area contributed by atoms with Gasteiger partial charge in [0.15, 0.2) is 4.77 Å². The molecule has 0 radical (unpaired) electrons. The molecule has 0 bridgehead atoms. The maximum atomic E-state index is 11.9. The molecule has 2 aromatic rings. The van der Waals surface area contributed by atoms with Crippen LogP contribution in [0.1, 0.15) is 12.5 Å². The highest BCUT2D eigenvalue weighted by molar-refractivity contribution is 7.71. The van der Waals surface area contributed by atoms with Crippen LogP contribution in [0.5, 0.6) is 0 Å². The van der Waals surface area contributed by atoms with Gasteiger partial charge in [0, 0.05) is 7.05 Å². The molecule has 0 aliphatic rings. The smallest absolute Gasteiger partial charge is 0.261 e. The molecule has 0 unspecified atom stereocenters. The molecule has 0 saturated heterocycles. The predicted molar refractivity (Wildman–Crippen MR) is 63.8 cm³/mol. The molecule has 0 spiro atoms. The van der Waals surface area contributed by atoms with Crippen molar-refractivity contribution in [3.8, 4) is 0 Å². The summed E-state index contributed by atoms with van der Waals surface area (Å²) in [6, 6.07) is 5.73. The molecule has 0 saturated carbocycles. The number of aryl methyl sites for hydroxylation is 1. The van der Waals surface area contributed by atoms with E-state index in [9.17, 15) is 4.79 Å². The summed E-state index contributed by atoms with van der Waals surface area (Å²) in [5.74, 6) is 0. The Morgan fingerprint density at radius 2 is 2.20 bits per heavy atom. The lowest BCUT2D eigenvalue weighted by Crippen LogP contribution is -2.19. The Balaban J connectivity index is 3.05. The fraction of sp³-hybridized carbons (Fsp3) is 0.273. The zero-order chi connectivity index (χ0) is 11.0. The van der Waals surface area contributed by atoms with Gasteiger partial charge in [-0.05, 0) is 30.3 Å². The van der Waals surface area contributed by atoms with Crippen molar-refractivity contribution in [3.05, 3.63) is 38.9 Å². The summed E-state index contributed by atoms with van der Waals surface area (Å²) in [5.41, 5.74) is 1.95. The number of rotatable bonds is 1. The van der Waals surface area contributed by atoms with Crippen molar-refractivity contribution < 1.29 is 0 Å². The normalized spacial score (nSPS) is 10.8. The van der Waals surface area contributed by atoms with Crippen LogP contribution < -0.4 is 5.56 Å². The van der Waals surface area contributed by atoms with Gasteiger partial charge in [0.25, 0.3) is 5.56 Å². The molecular formula is C11H12N2OS. The number of nitrogens with one attached hydrogen (secondary N) is 1. The van der Waals surface area contributed by atoms with Crippen LogP contribution in [-0.2, 0) is 13.5 Å². The molecule has 4 heteroatoms. The zero-order valence-corrected chi connectivity index (χ0v) is 9.52. The van der Waals surface area contributed by atoms with Crippen LogP contribution in [0.25, 0.3) is 10.9 Å². The van der Waals surface area contributed by atoms with Crippen molar-refractivity contribution in [2.75, 3.05) is 0 Å². The number of benzene rings is 1. The highest BCUT2D eigenvalue weighted by atomic mass is 32.1. The number of hydrogen-bond acceptors (Lipinski definition) is 2. The quantitative estimate of drug-likeness (QED) is 0.748. The molecule has 0 fully saturated rings. The first kappa shape index (κ1) is 10.1. The van der Waals surface area contributed by atoms with E-state index in [0.717, 1.165) is 17.5 Å². The van der Waals surface area contributed by atoms with E-state index < -0.39 is 0 Å². The maximum Gasteiger partial charge on any atom is 0.261 e. The van der Waals surface area contributed by atoms with Gasteiger partial charge in [-0.15, -0.1) is 0 Å². The summed E-state index contributed by atoms with van der Waals surface area (Å²) in [6.07, 6.45) is 0.885. The fourth-order valence-corrected chi connectivity index (χ4v) is 1.87. The monoisotopic (exact) mass is 220 g/mol. The molecule has 1 heterocycles. The molecule has 0 aliphatic carbocycles. The average molecular weight is 220 g/mol. The Morgan fingerprint density at radius 3 is 2.87 bits per heavy atom. The average Bonchev–Trinajstić information content (AvgIpc) is 2.25. The van der Waals surface area contributed by atoms with Gasteiger partial charge in [-0.1, -0.05) is 19.1 Å². The van der Waals surface area contributed by atoms with E-state index in [-0.39, 0.29) is 5.56 Å². The lowest BCUT2D eigenvalue weighted by molar-refractivity contribution is 0.823. The Kier molecular flexibility index (Phi) is 2.44. The van der Waals surface area contributed by atoms with E-state index in [1.807, 2.05) is 18.2 Å². The molecule has 3 nitrogen and oxygen atoms in total. The zero-order valence-electron chi connectivity index (χ0n) is 8.70. The van der Waals surface area contributed by atoms with Crippen LogP contribution in [0.2, 0.25) is 0 Å². The van der Waals surface area contributed by atoms with Gasteiger partial charge in [0.05, 0.1) is 10.9 Å². The summed E-state index contributed by atoms with van der Waals surface area (Å²) < 4.78 is 1.92. The van der Waals surface area contributed by atoms with E-state index in [1.54, 1.807) is 7.05 Å². The largest absolute Gasteiger partial charge is 0.331 e. The van der Waals surface area contributed by atoms with Gasteiger partial charge < -0.3 is 4.98 Å². The lowest BCUT2D eigenvalue weighted by atomic mass is 10.1. The molecule has 2 rings (SSSR count). The van der Waals surface area contributed by atoms with Crippen LogP contribution in [0, 0.1) is 4.77 Å². The fourth-order valence-electron chi connectivity index (χ4n) is 1.68. The summed E-state index contributed by atoms with van der Waals surface area (Å²) in [7, 11) is 1.68. The third-order valence-electron chi connectivity index (χ3n) is 2.60. The van der Waals surface area contributed by atoms with Crippen LogP contribution in [-0.4, -0.2) is 9.55 Å². The summed E-state index contributed by atoms with van der Waals surface area (Å²) in [5, 5.41) is 0.699. The first-order valence-electron chi connectivity index (χ1n) is 4.86. The van der Waals surface area contributed by atoms with Crippen molar-refractivity contribution in [1.29, 1.82) is 0 Å². The summed E-state index contributed by atoms with van der Waals surface area (Å²) >= 11 is 5.08. The third-order valence-corrected chi connectivity index (χ3v) is 2.98. The van der Waals surface area contributed by atoms with Crippen LogP contribution in [0.15, 0.2) is 23.0 Å². The number of aromatic nitrogens is 2. The van der Waals surface area contributed by atoms with Crippen LogP contribution in [0.3, 0.4) is 0 Å². The van der Waals surface area contributed by atoms with Gasteiger partial charge in [-0.3, -0.25) is 9.36 Å². The topological polar surface area (TPSA) is 37.8 Å². The lowest BCUT2D eigenvalue weighted by Gasteiger charge is -2.05. The second-order valence-electron chi connectivity index (χ2n) is 3.49. The van der Waals surface area contributed by atoms with Crippen molar-refractivity contribution >= 4 is 23.1 Å². The molecule has 1 N–H and O–H groups in total. The summed E-state index contributed by atoms with van der Waals surface area (Å²) in [4.78, 5) is 15.0. The molecule has 0 amide bonds. The minimum absolute atomic E-state index is 0.0379. The predicted octanol–water partition coefficient (Wildman–Crippen LogP) is 2.16. The number of aromatic amines is 1. The Morgan fingerprint density at radius 1 is 1.47 bits per heavy atom. The molecule has 0 atom stereocenters. The van der Waals surface area contributed by atoms with E-state index in [0.29, 0.717) is 10.2 Å². The van der Waals surface area contributed by atoms with Crippen LogP contribution >= 0.6 is 12.2 Å². The van der Waals surface area contributed by atoms with Crippen LogP contribution in [0.4, 0.5) is 0 Å². The van der Waals surface area contributed by atoms with E-state index in [1.165, 1.54) is 4.57 Å². The second kappa shape index (κ2) is 3.62. The van der Waals surface area contributed by atoms with Gasteiger partial charge in [-0.2, -0.15) is 0 Å². The Labute approximate surface area is 92.4 Å². The van der Waals surface area contributed by atoms with Gasteiger partial charge in [-0.25, -0.2) is 0 Å². The first-order chi connectivity index (χ1) is 7.15. The maximum absolute atomic E-state index is 11.9. The van der Waals surface area contributed by atoms with Crippen molar-refractivity contribution in [1.82, 2.24) is 9.55 Å². The second-order valence-corrected chi connectivity index (χ2v) is 3.87. The SMILES string of the molecule is CCc1cccc2c(=O)n(C)c(=S)[nH]c12. The molecule has 78 valence electrons. The van der Waals surface area contributed by atoms with Crippen molar-refractivity contribution in [2.45, 2.75) is 13.3 Å². The van der Waals surface area contributed by atoms with E-state index in [2.05, 4.69) is 11.9 Å². The Bertz CT molecular complexity index is 625. The van der Waals surface area contributed by atoms with Crippen molar-refractivity contribution in [2.24, 2.45) is 7.05 Å². The number of para-hydroxylation sites is 1. The van der Waals surface area contributed by atoms with Gasteiger partial charge in [0.1, 0.15) is 0 Å². The number of hydrogen-bond donors (Lipinski definition) is 1. The van der Waals surface area contributed by atoms with Gasteiger partial charge >= 0.3 is 0 Å². The number of nitrogens with zero attached hydrogens (tertiary/aromatic N) is 1. The standard InChI is InChI=1S/C11H12N2OS/c1-3-7-5-4-6-8-9(7)12-11(15)13(2)10(8)14/h4-6H,3H2,1-2H3,(H,12,15). The molecule has 0 aliphatic heterocycles.